The van der Waals surface area contributed by atoms with Crippen LogP contribution in [0.3, 0.4) is 0 Å². The molecule has 0 radical (unpaired) electrons. The summed E-state index contributed by atoms with van der Waals surface area (Å²) in [6.07, 6.45) is 4.08. The van der Waals surface area contributed by atoms with Gasteiger partial charge in [-0.3, -0.25) is 14.5 Å². The summed E-state index contributed by atoms with van der Waals surface area (Å²) in [7, 11) is 1.83. The molecule has 8 nitrogen and oxygen atoms in total. The maximum Gasteiger partial charge on any atom is 0.255 e. The highest BCUT2D eigenvalue weighted by Crippen LogP contribution is 2.21. The molecule has 4 aromatic rings. The van der Waals surface area contributed by atoms with Gasteiger partial charge in [0.05, 0.1) is 17.0 Å². The third-order valence-electron chi connectivity index (χ3n) is 5.33. The number of aryl methyl sites for hydroxylation is 1. The normalized spacial score (nSPS) is 10.8. The molecule has 0 spiro atoms. The van der Waals surface area contributed by atoms with Crippen molar-refractivity contribution in [3.63, 3.8) is 0 Å². The highest BCUT2D eigenvalue weighted by molar-refractivity contribution is 5.99. The van der Waals surface area contributed by atoms with Crippen molar-refractivity contribution in [1.82, 2.24) is 25.1 Å². The zero-order valence-electron chi connectivity index (χ0n) is 18.8. The Hall–Kier alpha value is -4.11. The molecule has 4 rings (SSSR count). The van der Waals surface area contributed by atoms with Gasteiger partial charge >= 0.3 is 0 Å². The van der Waals surface area contributed by atoms with Crippen LogP contribution in [0.5, 0.6) is 0 Å². The topological polar surface area (TPSA) is 111 Å². The lowest BCUT2D eigenvalue weighted by atomic mass is 10.1. The molecule has 0 saturated heterocycles. The molecule has 0 saturated carbocycles. The molecule has 3 aromatic heterocycles. The SMILES string of the molecule is Cn1ccc(-c2ccc(C(=O)NCc3cccnc3CN)c(NCCc3cccc(F)c3)n2)n1. The Labute approximate surface area is 197 Å². The molecule has 0 aliphatic rings. The largest absolute Gasteiger partial charge is 0.369 e. The van der Waals surface area contributed by atoms with Gasteiger partial charge in [0.25, 0.3) is 5.91 Å². The van der Waals surface area contributed by atoms with Gasteiger partial charge in [-0.15, -0.1) is 0 Å². The minimum Gasteiger partial charge on any atom is -0.369 e. The van der Waals surface area contributed by atoms with Crippen LogP contribution >= 0.6 is 0 Å². The maximum atomic E-state index is 13.5. The fraction of sp³-hybridized carbons (Fsp3) is 0.200. The minimum absolute atomic E-state index is 0.278. The summed E-state index contributed by atoms with van der Waals surface area (Å²) in [6.45, 7) is 1.06. The number of nitrogens with one attached hydrogen (secondary N) is 2. The first-order valence-corrected chi connectivity index (χ1v) is 10.9. The molecule has 0 aliphatic carbocycles. The van der Waals surface area contributed by atoms with Crippen molar-refractivity contribution in [3.8, 4) is 11.4 Å². The average molecular weight is 460 g/mol. The number of pyridine rings is 2. The summed E-state index contributed by atoms with van der Waals surface area (Å²) in [5.74, 6) is -0.123. The standard InChI is InChI=1S/C25H26FN7O/c1-33-13-10-22(32-33)21-8-7-20(25(34)30-16-18-5-3-11-28-23(18)15-27)24(31-21)29-12-9-17-4-2-6-19(26)14-17/h2-8,10-11,13-14H,9,12,15-16,27H2,1H3,(H,29,31)(H,30,34). The van der Waals surface area contributed by atoms with Crippen LogP contribution in [0.2, 0.25) is 0 Å². The van der Waals surface area contributed by atoms with E-state index in [-0.39, 0.29) is 11.7 Å². The smallest absolute Gasteiger partial charge is 0.255 e. The van der Waals surface area contributed by atoms with Crippen LogP contribution in [0.1, 0.15) is 27.2 Å². The highest BCUT2D eigenvalue weighted by atomic mass is 19.1. The number of aromatic nitrogens is 4. The number of rotatable bonds is 9. The third-order valence-corrected chi connectivity index (χ3v) is 5.33. The maximum absolute atomic E-state index is 13.5. The van der Waals surface area contributed by atoms with E-state index in [0.29, 0.717) is 48.8 Å². The molecule has 3 heterocycles. The van der Waals surface area contributed by atoms with E-state index in [1.807, 2.05) is 37.5 Å². The first-order valence-electron chi connectivity index (χ1n) is 10.9. The predicted octanol–water partition coefficient (Wildman–Crippen LogP) is 3.06. The van der Waals surface area contributed by atoms with Gasteiger partial charge in [-0.2, -0.15) is 5.10 Å². The molecular formula is C25H26FN7O. The summed E-state index contributed by atoms with van der Waals surface area (Å²) < 4.78 is 15.2. The molecule has 0 unspecified atom stereocenters. The zero-order chi connectivity index (χ0) is 23.9. The number of hydrogen-bond donors (Lipinski definition) is 3. The van der Waals surface area contributed by atoms with E-state index in [1.54, 1.807) is 29.1 Å². The number of halogens is 1. The number of nitrogens with zero attached hydrogens (tertiary/aromatic N) is 4. The number of nitrogens with two attached hydrogens (primary N) is 1. The van der Waals surface area contributed by atoms with Crippen molar-refractivity contribution >= 4 is 11.7 Å². The lowest BCUT2D eigenvalue weighted by molar-refractivity contribution is 0.0951. The van der Waals surface area contributed by atoms with E-state index >= 15 is 0 Å². The fourth-order valence-corrected chi connectivity index (χ4v) is 3.58. The predicted molar refractivity (Wildman–Crippen MR) is 128 cm³/mol. The molecule has 0 fully saturated rings. The minimum atomic E-state index is -0.278. The van der Waals surface area contributed by atoms with Crippen LogP contribution in [0, 0.1) is 5.82 Å². The molecule has 174 valence electrons. The Morgan fingerprint density at radius 1 is 1.12 bits per heavy atom. The number of benzene rings is 1. The Morgan fingerprint density at radius 3 is 2.76 bits per heavy atom. The lowest BCUT2D eigenvalue weighted by Gasteiger charge is -2.14. The van der Waals surface area contributed by atoms with Gasteiger partial charge in [0.15, 0.2) is 0 Å². The second-order valence-corrected chi connectivity index (χ2v) is 7.77. The first-order chi connectivity index (χ1) is 16.5. The second kappa shape index (κ2) is 10.7. The van der Waals surface area contributed by atoms with Crippen molar-refractivity contribution < 1.29 is 9.18 Å². The van der Waals surface area contributed by atoms with Crippen molar-refractivity contribution in [2.75, 3.05) is 11.9 Å². The zero-order valence-corrected chi connectivity index (χ0v) is 18.8. The Morgan fingerprint density at radius 2 is 2.00 bits per heavy atom. The van der Waals surface area contributed by atoms with Gasteiger partial charge in [-0.25, -0.2) is 9.37 Å². The number of hydrogen-bond acceptors (Lipinski definition) is 6. The van der Waals surface area contributed by atoms with Gasteiger partial charge in [-0.1, -0.05) is 18.2 Å². The summed E-state index contributed by atoms with van der Waals surface area (Å²) in [4.78, 5) is 22.0. The Bertz CT molecular complexity index is 1290. The van der Waals surface area contributed by atoms with Crippen molar-refractivity contribution in [2.24, 2.45) is 12.8 Å². The lowest BCUT2D eigenvalue weighted by Crippen LogP contribution is -2.25. The Kier molecular flexibility index (Phi) is 7.24. The molecule has 0 aliphatic heterocycles. The number of carbonyl (C=O) groups is 1. The van der Waals surface area contributed by atoms with Crippen molar-refractivity contribution in [3.05, 3.63) is 95.2 Å². The summed E-state index contributed by atoms with van der Waals surface area (Å²) in [5, 5.41) is 10.6. The second-order valence-electron chi connectivity index (χ2n) is 7.77. The van der Waals surface area contributed by atoms with Crippen LogP contribution in [0.15, 0.2) is 67.0 Å². The summed E-state index contributed by atoms with van der Waals surface area (Å²) in [6, 6.07) is 15.5. The molecule has 0 atom stereocenters. The van der Waals surface area contributed by atoms with Crippen LogP contribution in [0.4, 0.5) is 10.2 Å². The highest BCUT2D eigenvalue weighted by Gasteiger charge is 2.16. The monoisotopic (exact) mass is 459 g/mol. The van der Waals surface area contributed by atoms with E-state index in [0.717, 1.165) is 16.8 Å². The molecule has 1 aromatic carbocycles. The van der Waals surface area contributed by atoms with Crippen molar-refractivity contribution in [2.45, 2.75) is 19.5 Å². The molecular weight excluding hydrogens is 433 g/mol. The molecule has 1 amide bonds. The van der Waals surface area contributed by atoms with Gasteiger partial charge in [0.1, 0.15) is 17.3 Å². The Balaban J connectivity index is 1.53. The van der Waals surface area contributed by atoms with E-state index in [4.69, 9.17) is 5.73 Å². The van der Waals surface area contributed by atoms with Crippen LogP contribution in [-0.4, -0.2) is 32.2 Å². The van der Waals surface area contributed by atoms with E-state index in [1.165, 1.54) is 12.1 Å². The summed E-state index contributed by atoms with van der Waals surface area (Å²) in [5.41, 5.74) is 9.94. The fourth-order valence-electron chi connectivity index (χ4n) is 3.58. The van der Waals surface area contributed by atoms with Crippen molar-refractivity contribution in [1.29, 1.82) is 0 Å². The average Bonchev–Trinajstić information content (AvgIpc) is 3.29. The van der Waals surface area contributed by atoms with Gasteiger partial charge in [0.2, 0.25) is 0 Å². The van der Waals surface area contributed by atoms with Crippen LogP contribution in [-0.2, 0) is 26.6 Å². The molecule has 9 heteroatoms. The van der Waals surface area contributed by atoms with Crippen LogP contribution < -0.4 is 16.4 Å². The first kappa shape index (κ1) is 23.1. The van der Waals surface area contributed by atoms with Gasteiger partial charge in [0, 0.05) is 39.1 Å². The van der Waals surface area contributed by atoms with E-state index < -0.39 is 0 Å². The number of anilines is 1. The van der Waals surface area contributed by atoms with Gasteiger partial charge in [-0.05, 0) is 53.9 Å². The van der Waals surface area contributed by atoms with Gasteiger partial charge < -0.3 is 16.4 Å². The van der Waals surface area contributed by atoms with Crippen LogP contribution in [0.25, 0.3) is 11.4 Å². The van der Waals surface area contributed by atoms with E-state index in [2.05, 4.69) is 25.7 Å². The van der Waals surface area contributed by atoms with E-state index in [9.17, 15) is 9.18 Å². The summed E-state index contributed by atoms with van der Waals surface area (Å²) >= 11 is 0. The molecule has 0 bridgehead atoms. The molecule has 34 heavy (non-hydrogen) atoms. The number of amides is 1. The third kappa shape index (κ3) is 5.62. The molecule has 4 N–H and O–H groups in total. The number of carbonyl (C=O) groups excluding carboxylic acids is 1. The quantitative estimate of drug-likeness (QED) is 0.355.